The molecule has 0 atom stereocenters. The number of amides is 2. The van der Waals surface area contributed by atoms with Crippen molar-refractivity contribution in [1.82, 2.24) is 10.7 Å². The van der Waals surface area contributed by atoms with Gasteiger partial charge in [-0.3, -0.25) is 9.59 Å². The Morgan fingerprint density at radius 2 is 2.00 bits per heavy atom. The molecule has 20 heavy (non-hydrogen) atoms. The zero-order valence-corrected chi connectivity index (χ0v) is 13.1. The van der Waals surface area contributed by atoms with E-state index in [4.69, 9.17) is 0 Å². The van der Waals surface area contributed by atoms with Gasteiger partial charge in [-0.15, -0.1) is 11.3 Å². The first-order chi connectivity index (χ1) is 9.26. The molecule has 0 spiro atoms. The van der Waals surface area contributed by atoms with Crippen LogP contribution < -0.4 is 10.7 Å². The van der Waals surface area contributed by atoms with Crippen molar-refractivity contribution < 1.29 is 9.59 Å². The molecule has 0 saturated heterocycles. The molecule has 2 amide bonds. The number of thiophene rings is 1. The highest BCUT2D eigenvalue weighted by Gasteiger charge is 2.14. The fourth-order valence-electron chi connectivity index (χ4n) is 1.50. The Balaban J connectivity index is 2.37. The Labute approximate surface area is 123 Å². The van der Waals surface area contributed by atoms with Crippen molar-refractivity contribution in [2.24, 2.45) is 5.10 Å². The topological polar surface area (TPSA) is 70.6 Å². The smallest absolute Gasteiger partial charge is 0.245 e. The largest absolute Gasteiger partial charge is 0.351 e. The van der Waals surface area contributed by atoms with Gasteiger partial charge in [0.2, 0.25) is 11.8 Å². The zero-order valence-electron chi connectivity index (χ0n) is 12.3. The lowest BCUT2D eigenvalue weighted by Gasteiger charge is -2.20. The Morgan fingerprint density at radius 1 is 1.30 bits per heavy atom. The minimum absolute atomic E-state index is 0.105. The number of nitrogens with zero attached hydrogens (tertiary/aromatic N) is 1. The van der Waals surface area contributed by atoms with Crippen LogP contribution in [0.1, 0.15) is 39.0 Å². The van der Waals surface area contributed by atoms with Gasteiger partial charge in [-0.05, 0) is 39.1 Å². The molecule has 0 radical (unpaired) electrons. The fourth-order valence-corrected chi connectivity index (χ4v) is 2.21. The molecule has 1 rings (SSSR count). The highest BCUT2D eigenvalue weighted by Crippen LogP contribution is 2.08. The van der Waals surface area contributed by atoms with Gasteiger partial charge < -0.3 is 5.32 Å². The van der Waals surface area contributed by atoms with Crippen LogP contribution in [-0.2, 0) is 16.0 Å². The van der Waals surface area contributed by atoms with E-state index in [1.54, 1.807) is 6.92 Å². The number of hydrogen-bond acceptors (Lipinski definition) is 4. The summed E-state index contributed by atoms with van der Waals surface area (Å²) in [5, 5.41) is 8.70. The molecule has 0 saturated carbocycles. The molecule has 0 fully saturated rings. The molecule has 0 aliphatic heterocycles. The van der Waals surface area contributed by atoms with Crippen molar-refractivity contribution in [2.45, 2.75) is 46.1 Å². The molecule has 1 aromatic heterocycles. The second-order valence-corrected chi connectivity index (χ2v) is 6.65. The minimum Gasteiger partial charge on any atom is -0.351 e. The van der Waals surface area contributed by atoms with Crippen LogP contribution >= 0.6 is 11.3 Å². The van der Waals surface area contributed by atoms with Crippen molar-refractivity contribution >= 4 is 28.9 Å². The summed E-state index contributed by atoms with van der Waals surface area (Å²) in [6, 6.07) is 3.80. The molecule has 0 aromatic carbocycles. The van der Waals surface area contributed by atoms with E-state index in [0.717, 1.165) is 4.88 Å². The highest BCUT2D eigenvalue weighted by molar-refractivity contribution is 7.10. The number of hydrogen-bond donors (Lipinski definition) is 2. The molecule has 0 bridgehead atoms. The summed E-state index contributed by atoms with van der Waals surface area (Å²) in [6.45, 7) is 7.47. The zero-order chi connectivity index (χ0) is 15.2. The second kappa shape index (κ2) is 7.19. The van der Waals surface area contributed by atoms with Crippen LogP contribution in [0.15, 0.2) is 22.6 Å². The standard InChI is InChI=1S/C14H21N3O2S/c1-10(8-12(18)15-14(2,3)4)16-17-13(19)9-11-6-5-7-20-11/h5-7H,8-9H2,1-4H3,(H,15,18)(H,17,19)/b16-10-. The lowest BCUT2D eigenvalue weighted by Crippen LogP contribution is -2.41. The van der Waals surface area contributed by atoms with Gasteiger partial charge in [-0.2, -0.15) is 5.10 Å². The Morgan fingerprint density at radius 3 is 2.55 bits per heavy atom. The van der Waals surface area contributed by atoms with Crippen molar-refractivity contribution in [2.75, 3.05) is 0 Å². The van der Waals surface area contributed by atoms with Gasteiger partial charge in [-0.25, -0.2) is 5.43 Å². The highest BCUT2D eigenvalue weighted by atomic mass is 32.1. The Kier molecular flexibility index (Phi) is 5.88. The maximum atomic E-state index is 11.7. The average molecular weight is 295 g/mol. The third-order valence-corrected chi connectivity index (χ3v) is 3.09. The molecule has 1 aromatic rings. The van der Waals surface area contributed by atoms with Crippen molar-refractivity contribution in [3.8, 4) is 0 Å². The summed E-state index contributed by atoms with van der Waals surface area (Å²) in [4.78, 5) is 24.3. The maximum absolute atomic E-state index is 11.7. The monoisotopic (exact) mass is 295 g/mol. The van der Waals surface area contributed by atoms with E-state index < -0.39 is 0 Å². The SMILES string of the molecule is C/C(CC(=O)NC(C)(C)C)=N/NC(=O)Cc1cccs1. The normalized spacial score (nSPS) is 12.1. The fraction of sp³-hybridized carbons (Fsp3) is 0.500. The van der Waals surface area contributed by atoms with E-state index in [0.29, 0.717) is 12.1 Å². The maximum Gasteiger partial charge on any atom is 0.245 e. The quantitative estimate of drug-likeness (QED) is 0.645. The van der Waals surface area contributed by atoms with E-state index in [2.05, 4.69) is 15.8 Å². The molecule has 0 aliphatic rings. The number of carbonyl (C=O) groups excluding carboxylic acids is 2. The van der Waals surface area contributed by atoms with Gasteiger partial charge in [0.05, 0.1) is 12.8 Å². The Hall–Kier alpha value is -1.69. The third-order valence-electron chi connectivity index (χ3n) is 2.22. The number of hydrazone groups is 1. The first kappa shape index (κ1) is 16.4. The predicted octanol–water partition coefficient (Wildman–Crippen LogP) is 2.09. The van der Waals surface area contributed by atoms with Crippen LogP contribution in [0.25, 0.3) is 0 Å². The molecular formula is C14H21N3O2S. The van der Waals surface area contributed by atoms with Crippen molar-refractivity contribution in [3.63, 3.8) is 0 Å². The summed E-state index contributed by atoms with van der Waals surface area (Å²) in [5.41, 5.74) is 2.78. The molecule has 2 N–H and O–H groups in total. The summed E-state index contributed by atoms with van der Waals surface area (Å²) in [7, 11) is 0. The second-order valence-electron chi connectivity index (χ2n) is 5.61. The third kappa shape index (κ3) is 7.04. The molecule has 0 unspecified atom stereocenters. The van der Waals surface area contributed by atoms with Crippen LogP contribution in [0, 0.1) is 0 Å². The predicted molar refractivity (Wildman–Crippen MR) is 81.8 cm³/mol. The lowest BCUT2D eigenvalue weighted by molar-refractivity contribution is -0.122. The Bertz CT molecular complexity index is 487. The first-order valence-electron chi connectivity index (χ1n) is 6.41. The van der Waals surface area contributed by atoms with E-state index in [9.17, 15) is 9.59 Å². The van der Waals surface area contributed by atoms with Crippen LogP contribution in [-0.4, -0.2) is 23.1 Å². The average Bonchev–Trinajstić information content (AvgIpc) is 2.76. The number of nitrogens with one attached hydrogen (secondary N) is 2. The molecule has 5 nitrogen and oxygen atoms in total. The van der Waals surface area contributed by atoms with Crippen molar-refractivity contribution in [1.29, 1.82) is 0 Å². The van der Waals surface area contributed by atoms with Crippen molar-refractivity contribution in [3.05, 3.63) is 22.4 Å². The first-order valence-corrected chi connectivity index (χ1v) is 7.29. The van der Waals surface area contributed by atoms with Crippen LogP contribution in [0.2, 0.25) is 0 Å². The van der Waals surface area contributed by atoms with E-state index in [-0.39, 0.29) is 23.8 Å². The summed E-state index contributed by atoms with van der Waals surface area (Å²) < 4.78 is 0. The summed E-state index contributed by atoms with van der Waals surface area (Å²) in [5.74, 6) is -0.283. The van der Waals surface area contributed by atoms with Gasteiger partial charge in [-0.1, -0.05) is 6.07 Å². The number of carbonyl (C=O) groups is 2. The van der Waals surface area contributed by atoms with E-state index in [1.807, 2.05) is 38.3 Å². The van der Waals surface area contributed by atoms with Gasteiger partial charge >= 0.3 is 0 Å². The minimum atomic E-state index is -0.264. The van der Waals surface area contributed by atoms with Gasteiger partial charge in [0.25, 0.3) is 0 Å². The molecule has 6 heteroatoms. The van der Waals surface area contributed by atoms with Crippen LogP contribution in [0.5, 0.6) is 0 Å². The van der Waals surface area contributed by atoms with Crippen LogP contribution in [0.4, 0.5) is 0 Å². The number of rotatable bonds is 5. The van der Waals surface area contributed by atoms with E-state index in [1.165, 1.54) is 11.3 Å². The summed E-state index contributed by atoms with van der Waals surface area (Å²) in [6.07, 6.45) is 0.485. The lowest BCUT2D eigenvalue weighted by atomic mass is 10.1. The molecule has 1 heterocycles. The molecule has 0 aliphatic carbocycles. The van der Waals surface area contributed by atoms with Gasteiger partial charge in [0.1, 0.15) is 0 Å². The van der Waals surface area contributed by atoms with Gasteiger partial charge in [0, 0.05) is 16.1 Å². The molecular weight excluding hydrogens is 274 g/mol. The van der Waals surface area contributed by atoms with Crippen LogP contribution in [0.3, 0.4) is 0 Å². The summed E-state index contributed by atoms with van der Waals surface area (Å²) >= 11 is 1.53. The van der Waals surface area contributed by atoms with Gasteiger partial charge in [0.15, 0.2) is 0 Å². The molecule has 110 valence electrons. The van der Waals surface area contributed by atoms with E-state index >= 15 is 0 Å².